The number of hydrogen-bond acceptors (Lipinski definition) is 5. The van der Waals surface area contributed by atoms with E-state index in [2.05, 4.69) is 10.5 Å². The molecule has 0 aliphatic rings. The Labute approximate surface area is 175 Å². The average Bonchev–Trinajstić information content (AvgIpc) is 2.75. The normalized spacial score (nSPS) is 11.5. The number of nitrogens with one attached hydrogen (secondary N) is 2. The fraction of sp³-hybridized carbons (Fsp3) is 0.0455. The first-order chi connectivity index (χ1) is 14.8. The number of hydrazone groups is 1. The molecule has 0 spiro atoms. The highest BCUT2D eigenvalue weighted by Gasteiger charge is 2.31. The predicted molar refractivity (Wildman–Crippen MR) is 112 cm³/mol. The van der Waals surface area contributed by atoms with Crippen molar-refractivity contribution < 1.29 is 17.9 Å². The SMILES string of the molecule is N#C/C(=N\Nc1cc(C(F)(F)F)ccc1Oc1ccc(-c2ccccc2)cc1)C(=N)N. The summed E-state index contributed by atoms with van der Waals surface area (Å²) in [6, 6.07) is 21.1. The number of rotatable bonds is 6. The summed E-state index contributed by atoms with van der Waals surface area (Å²) in [5.41, 5.74) is 7.95. The quantitative estimate of drug-likeness (QED) is 0.281. The van der Waals surface area contributed by atoms with Crippen LogP contribution in [0.4, 0.5) is 18.9 Å². The van der Waals surface area contributed by atoms with Crippen LogP contribution in [-0.2, 0) is 6.18 Å². The van der Waals surface area contributed by atoms with Gasteiger partial charge in [0.1, 0.15) is 11.8 Å². The summed E-state index contributed by atoms with van der Waals surface area (Å²) in [5.74, 6) is -0.190. The first kappa shape index (κ1) is 21.4. The van der Waals surface area contributed by atoms with Gasteiger partial charge in [0.2, 0.25) is 5.71 Å². The van der Waals surface area contributed by atoms with Crippen LogP contribution in [0, 0.1) is 16.7 Å². The van der Waals surface area contributed by atoms with Crippen LogP contribution in [0.1, 0.15) is 5.56 Å². The van der Waals surface area contributed by atoms with Gasteiger partial charge in [0, 0.05) is 0 Å². The molecule has 3 aromatic carbocycles. The lowest BCUT2D eigenvalue weighted by Gasteiger charge is -2.14. The largest absolute Gasteiger partial charge is 0.455 e. The number of ether oxygens (including phenoxy) is 1. The maximum Gasteiger partial charge on any atom is 0.416 e. The highest BCUT2D eigenvalue weighted by atomic mass is 19.4. The third-order valence-corrected chi connectivity index (χ3v) is 4.15. The number of hydrogen-bond donors (Lipinski definition) is 3. The minimum Gasteiger partial charge on any atom is -0.455 e. The fourth-order valence-corrected chi connectivity index (χ4v) is 2.62. The van der Waals surface area contributed by atoms with Crippen molar-refractivity contribution in [3.63, 3.8) is 0 Å². The highest BCUT2D eigenvalue weighted by molar-refractivity contribution is 6.45. The van der Waals surface area contributed by atoms with Gasteiger partial charge in [-0.1, -0.05) is 42.5 Å². The van der Waals surface area contributed by atoms with Crippen LogP contribution in [-0.4, -0.2) is 11.5 Å². The van der Waals surface area contributed by atoms with Crippen molar-refractivity contribution in [2.75, 3.05) is 5.43 Å². The van der Waals surface area contributed by atoms with Gasteiger partial charge in [0.25, 0.3) is 0 Å². The van der Waals surface area contributed by atoms with Crippen LogP contribution in [0.2, 0.25) is 0 Å². The summed E-state index contributed by atoms with van der Waals surface area (Å²) in [6.07, 6.45) is -4.59. The molecule has 0 atom stereocenters. The molecule has 3 rings (SSSR count). The summed E-state index contributed by atoms with van der Waals surface area (Å²) in [5, 5.41) is 19.8. The van der Waals surface area contributed by atoms with E-state index in [1.807, 2.05) is 42.5 Å². The number of benzene rings is 3. The van der Waals surface area contributed by atoms with E-state index in [0.29, 0.717) is 5.75 Å². The van der Waals surface area contributed by atoms with Crippen LogP contribution < -0.4 is 15.9 Å². The van der Waals surface area contributed by atoms with Gasteiger partial charge in [-0.05, 0) is 41.5 Å². The lowest BCUT2D eigenvalue weighted by atomic mass is 10.1. The molecular weight excluding hydrogens is 407 g/mol. The minimum absolute atomic E-state index is 0.0463. The molecular formula is C22H16F3N5O. The Kier molecular flexibility index (Phi) is 6.21. The molecule has 0 saturated carbocycles. The Morgan fingerprint density at radius 1 is 1.00 bits per heavy atom. The van der Waals surface area contributed by atoms with Gasteiger partial charge in [-0.15, -0.1) is 0 Å². The van der Waals surface area contributed by atoms with E-state index in [9.17, 15) is 13.2 Å². The molecule has 0 radical (unpaired) electrons. The van der Waals surface area contributed by atoms with Gasteiger partial charge in [-0.25, -0.2) is 0 Å². The van der Waals surface area contributed by atoms with Crippen LogP contribution in [0.5, 0.6) is 11.5 Å². The number of amidine groups is 1. The second-order valence-corrected chi connectivity index (χ2v) is 6.30. The third kappa shape index (κ3) is 5.39. The van der Waals surface area contributed by atoms with Crippen molar-refractivity contribution in [2.45, 2.75) is 6.18 Å². The topological polar surface area (TPSA) is 107 Å². The monoisotopic (exact) mass is 423 g/mol. The average molecular weight is 423 g/mol. The Morgan fingerprint density at radius 3 is 2.23 bits per heavy atom. The zero-order valence-corrected chi connectivity index (χ0v) is 15.9. The van der Waals surface area contributed by atoms with Crippen LogP contribution in [0.15, 0.2) is 77.9 Å². The number of nitrogens with zero attached hydrogens (tertiary/aromatic N) is 2. The van der Waals surface area contributed by atoms with Crippen LogP contribution in [0.3, 0.4) is 0 Å². The summed E-state index contributed by atoms with van der Waals surface area (Å²) in [7, 11) is 0. The van der Waals surface area contributed by atoms with Crippen LogP contribution >= 0.6 is 0 Å². The lowest BCUT2D eigenvalue weighted by Crippen LogP contribution is -2.22. The van der Waals surface area contributed by atoms with Gasteiger partial charge < -0.3 is 10.5 Å². The second kappa shape index (κ2) is 9.00. The molecule has 0 aliphatic carbocycles. The number of nitrogens with two attached hydrogens (primary N) is 1. The lowest BCUT2D eigenvalue weighted by molar-refractivity contribution is -0.137. The van der Waals surface area contributed by atoms with E-state index in [1.54, 1.807) is 18.2 Å². The van der Waals surface area contributed by atoms with Gasteiger partial charge in [0.05, 0.1) is 11.3 Å². The molecule has 31 heavy (non-hydrogen) atoms. The zero-order chi connectivity index (χ0) is 22.4. The molecule has 0 bridgehead atoms. The molecule has 0 unspecified atom stereocenters. The van der Waals surface area contributed by atoms with E-state index in [0.717, 1.165) is 29.3 Å². The number of halogens is 3. The maximum absolute atomic E-state index is 13.1. The Bertz CT molecular complexity index is 1150. The molecule has 0 heterocycles. The molecule has 0 fully saturated rings. The van der Waals surface area contributed by atoms with E-state index in [1.165, 1.54) is 0 Å². The molecule has 9 heteroatoms. The minimum atomic E-state index is -4.59. The van der Waals surface area contributed by atoms with Crippen molar-refractivity contribution in [2.24, 2.45) is 10.8 Å². The number of nitriles is 1. The molecule has 3 aromatic rings. The van der Waals surface area contributed by atoms with E-state index in [-0.39, 0.29) is 11.4 Å². The summed E-state index contributed by atoms with van der Waals surface area (Å²) >= 11 is 0. The first-order valence-electron chi connectivity index (χ1n) is 8.90. The third-order valence-electron chi connectivity index (χ3n) is 4.15. The number of alkyl halides is 3. The number of anilines is 1. The van der Waals surface area contributed by atoms with Gasteiger partial charge in [0.15, 0.2) is 11.6 Å². The fourth-order valence-electron chi connectivity index (χ4n) is 2.62. The highest BCUT2D eigenvalue weighted by Crippen LogP contribution is 2.37. The second-order valence-electron chi connectivity index (χ2n) is 6.30. The van der Waals surface area contributed by atoms with Crippen molar-refractivity contribution >= 4 is 17.2 Å². The maximum atomic E-state index is 13.1. The molecule has 0 aliphatic heterocycles. The summed E-state index contributed by atoms with van der Waals surface area (Å²) in [6.45, 7) is 0. The van der Waals surface area contributed by atoms with Crippen LogP contribution in [0.25, 0.3) is 11.1 Å². The summed E-state index contributed by atoms with van der Waals surface area (Å²) < 4.78 is 45.1. The molecule has 0 aromatic heterocycles. The summed E-state index contributed by atoms with van der Waals surface area (Å²) in [4.78, 5) is 0. The predicted octanol–water partition coefficient (Wildman–Crippen LogP) is 5.39. The molecule has 6 nitrogen and oxygen atoms in total. The van der Waals surface area contributed by atoms with E-state index < -0.39 is 23.3 Å². The van der Waals surface area contributed by atoms with Gasteiger partial charge >= 0.3 is 6.18 Å². The van der Waals surface area contributed by atoms with Gasteiger partial charge in [-0.3, -0.25) is 10.8 Å². The van der Waals surface area contributed by atoms with E-state index >= 15 is 0 Å². The van der Waals surface area contributed by atoms with E-state index in [4.69, 9.17) is 21.1 Å². The molecule has 156 valence electrons. The molecule has 0 amide bonds. The van der Waals surface area contributed by atoms with Crippen molar-refractivity contribution in [1.82, 2.24) is 0 Å². The Hall–Kier alpha value is -4.32. The zero-order valence-electron chi connectivity index (χ0n) is 15.9. The van der Waals surface area contributed by atoms with Crippen molar-refractivity contribution in [3.8, 4) is 28.7 Å². The smallest absolute Gasteiger partial charge is 0.416 e. The first-order valence-corrected chi connectivity index (χ1v) is 8.90. The molecule has 4 N–H and O–H groups in total. The van der Waals surface area contributed by atoms with Gasteiger partial charge in [-0.2, -0.15) is 23.5 Å². The van der Waals surface area contributed by atoms with Crippen molar-refractivity contribution in [3.05, 3.63) is 78.4 Å². The standard InChI is InChI=1S/C22H16F3N5O/c23-22(24,25)16-8-11-20(18(12-16)29-30-19(13-26)21(27)28)31-17-9-6-15(7-10-17)14-4-2-1-3-5-14/h1-12,29H,(H3,27,28)/b30-19+. The Balaban J connectivity index is 1.91. The van der Waals surface area contributed by atoms with Crippen molar-refractivity contribution in [1.29, 1.82) is 10.7 Å². The molecule has 0 saturated heterocycles. The Morgan fingerprint density at radius 2 is 1.65 bits per heavy atom.